The van der Waals surface area contributed by atoms with E-state index >= 15 is 0 Å². The van der Waals surface area contributed by atoms with E-state index in [0.29, 0.717) is 0 Å². The maximum absolute atomic E-state index is 13.0. The Balaban J connectivity index is 1.67. The third-order valence-electron chi connectivity index (χ3n) is 5.85. The summed E-state index contributed by atoms with van der Waals surface area (Å²) in [7, 11) is 0. The maximum atomic E-state index is 13.0. The highest BCUT2D eigenvalue weighted by molar-refractivity contribution is 6.30. The SMILES string of the molecule is C[C@H](O[C@H]1C[C@@H](N=[N+]=[N-])[C@@H](O)[C@H](C)O1)c1cc(O)c2c(c1O)C(=O)c1ccccc1C2=O. The molecule has 2 aromatic carbocycles. The second-order valence-corrected chi connectivity index (χ2v) is 7.83. The van der Waals surface area contributed by atoms with Crippen molar-refractivity contribution in [1.29, 1.82) is 0 Å². The van der Waals surface area contributed by atoms with Crippen molar-refractivity contribution in [2.45, 2.75) is 50.9 Å². The number of nitrogens with zero attached hydrogens (tertiary/aromatic N) is 3. The largest absolute Gasteiger partial charge is 0.507 e. The van der Waals surface area contributed by atoms with E-state index in [9.17, 15) is 24.9 Å². The van der Waals surface area contributed by atoms with E-state index < -0.39 is 53.7 Å². The summed E-state index contributed by atoms with van der Waals surface area (Å²) in [5, 5.41) is 35.1. The number of carbonyl (C=O) groups is 2. The van der Waals surface area contributed by atoms with Crippen LogP contribution < -0.4 is 0 Å². The monoisotopic (exact) mass is 439 g/mol. The Kier molecular flexibility index (Phi) is 5.62. The number of benzene rings is 2. The highest BCUT2D eigenvalue weighted by Crippen LogP contribution is 2.43. The number of ketones is 2. The predicted molar refractivity (Wildman–Crippen MR) is 110 cm³/mol. The first-order chi connectivity index (χ1) is 15.2. The van der Waals surface area contributed by atoms with Gasteiger partial charge in [0.15, 0.2) is 17.9 Å². The van der Waals surface area contributed by atoms with Gasteiger partial charge in [0.25, 0.3) is 0 Å². The number of phenolic OH excluding ortho intramolecular Hbond substituents is 2. The zero-order valence-electron chi connectivity index (χ0n) is 17.3. The number of ether oxygens (including phenoxy) is 2. The summed E-state index contributed by atoms with van der Waals surface area (Å²) in [6.07, 6.45) is -3.34. The first-order valence-electron chi connectivity index (χ1n) is 10.0. The summed E-state index contributed by atoms with van der Waals surface area (Å²) in [6.45, 7) is 3.18. The number of fused-ring (bicyclic) bond motifs is 2. The van der Waals surface area contributed by atoms with E-state index in [2.05, 4.69) is 10.0 Å². The van der Waals surface area contributed by atoms with Crippen LogP contribution in [0.15, 0.2) is 35.4 Å². The number of rotatable bonds is 4. The molecule has 3 N–H and O–H groups in total. The van der Waals surface area contributed by atoms with Gasteiger partial charge in [-0.25, -0.2) is 0 Å². The number of phenols is 2. The lowest BCUT2D eigenvalue weighted by atomic mass is 9.81. The van der Waals surface area contributed by atoms with Gasteiger partial charge >= 0.3 is 0 Å². The molecule has 1 fully saturated rings. The van der Waals surface area contributed by atoms with Crippen molar-refractivity contribution in [3.05, 3.63) is 68.6 Å². The van der Waals surface area contributed by atoms with E-state index in [1.807, 2.05) is 0 Å². The molecule has 0 spiro atoms. The minimum atomic E-state index is -0.994. The molecule has 1 aliphatic heterocycles. The minimum absolute atomic E-state index is 0.0718. The topological polar surface area (TPSA) is 162 Å². The smallest absolute Gasteiger partial charge is 0.198 e. The summed E-state index contributed by atoms with van der Waals surface area (Å²) < 4.78 is 11.5. The fourth-order valence-electron chi connectivity index (χ4n) is 4.18. The van der Waals surface area contributed by atoms with Crippen LogP contribution in [0.3, 0.4) is 0 Å². The Morgan fingerprint density at radius 2 is 1.81 bits per heavy atom. The van der Waals surface area contributed by atoms with Gasteiger partial charge in [-0.15, -0.1) is 0 Å². The van der Waals surface area contributed by atoms with Crippen LogP contribution in [0, 0.1) is 0 Å². The number of hydrogen-bond acceptors (Lipinski definition) is 8. The molecule has 166 valence electrons. The predicted octanol–water partition coefficient (Wildman–Crippen LogP) is 3.13. The number of aliphatic hydroxyl groups is 1. The summed E-state index contributed by atoms with van der Waals surface area (Å²) >= 11 is 0. The molecule has 1 aliphatic carbocycles. The molecule has 2 aliphatic rings. The molecule has 0 radical (unpaired) electrons. The van der Waals surface area contributed by atoms with Crippen LogP contribution in [0.1, 0.15) is 63.8 Å². The van der Waals surface area contributed by atoms with Gasteiger partial charge in [-0.2, -0.15) is 0 Å². The zero-order valence-corrected chi connectivity index (χ0v) is 17.3. The van der Waals surface area contributed by atoms with Crippen LogP contribution in [-0.2, 0) is 9.47 Å². The van der Waals surface area contributed by atoms with Crippen LogP contribution in [0.4, 0.5) is 0 Å². The van der Waals surface area contributed by atoms with Crippen molar-refractivity contribution in [2.24, 2.45) is 5.11 Å². The van der Waals surface area contributed by atoms with Gasteiger partial charge < -0.3 is 24.8 Å². The van der Waals surface area contributed by atoms with E-state index in [4.69, 9.17) is 15.0 Å². The summed E-state index contributed by atoms with van der Waals surface area (Å²) in [5.74, 6) is -2.05. The lowest BCUT2D eigenvalue weighted by Gasteiger charge is -2.37. The number of azide groups is 1. The second kappa shape index (κ2) is 8.25. The van der Waals surface area contributed by atoms with Crippen molar-refractivity contribution in [2.75, 3.05) is 0 Å². The molecule has 0 aromatic heterocycles. The van der Waals surface area contributed by atoms with Gasteiger partial charge in [-0.1, -0.05) is 29.4 Å². The van der Waals surface area contributed by atoms with Crippen LogP contribution in [0.25, 0.3) is 10.4 Å². The van der Waals surface area contributed by atoms with Gasteiger partial charge in [0.2, 0.25) is 0 Å². The summed E-state index contributed by atoms with van der Waals surface area (Å²) in [6, 6.07) is 6.62. The molecule has 5 atom stereocenters. The van der Waals surface area contributed by atoms with Crippen LogP contribution in [0.2, 0.25) is 0 Å². The summed E-state index contributed by atoms with van der Waals surface area (Å²) in [5.41, 5.74) is 8.56. The normalized spacial score (nSPS) is 25.5. The Morgan fingerprint density at radius 3 is 2.44 bits per heavy atom. The zero-order chi connectivity index (χ0) is 23.2. The fourth-order valence-corrected chi connectivity index (χ4v) is 4.18. The third-order valence-corrected chi connectivity index (χ3v) is 5.85. The third kappa shape index (κ3) is 3.49. The first-order valence-corrected chi connectivity index (χ1v) is 10.0. The molecule has 1 saturated heterocycles. The highest BCUT2D eigenvalue weighted by atomic mass is 16.7. The second-order valence-electron chi connectivity index (χ2n) is 7.83. The molecular formula is C22H21N3O7. The molecule has 0 amide bonds. The fraction of sp³-hybridized carbons (Fsp3) is 0.364. The van der Waals surface area contributed by atoms with Crippen molar-refractivity contribution in [1.82, 2.24) is 0 Å². The standard InChI is InChI=1S/C22H21N3O7/c1-9(31-16-8-14(24-25-23)19(27)10(2)32-16)13-7-15(26)17-18(22(13)30)21(29)12-6-4-3-5-11(12)20(17)28/h3-7,9-10,14,16,19,26-27,30H,8H2,1-2H3/t9-,10-,14+,16+,19-/m0/s1. The molecule has 0 bridgehead atoms. The Labute approximate surface area is 182 Å². The lowest BCUT2D eigenvalue weighted by molar-refractivity contribution is -0.238. The average Bonchev–Trinajstić information content (AvgIpc) is 2.76. The minimum Gasteiger partial charge on any atom is -0.507 e. The molecule has 0 unspecified atom stereocenters. The number of hydrogen-bond donors (Lipinski definition) is 3. The van der Waals surface area contributed by atoms with E-state index in [0.717, 1.165) is 0 Å². The number of carbonyl (C=O) groups excluding carboxylic acids is 2. The molecule has 10 heteroatoms. The van der Waals surface area contributed by atoms with E-state index in [1.165, 1.54) is 18.2 Å². The number of aromatic hydroxyl groups is 2. The van der Waals surface area contributed by atoms with E-state index in [-0.39, 0.29) is 34.2 Å². The summed E-state index contributed by atoms with van der Waals surface area (Å²) in [4.78, 5) is 28.6. The molecule has 1 heterocycles. The molecule has 4 rings (SSSR count). The van der Waals surface area contributed by atoms with E-state index in [1.54, 1.807) is 26.0 Å². The number of aliphatic hydroxyl groups excluding tert-OH is 1. The van der Waals surface area contributed by atoms with Crippen molar-refractivity contribution < 1.29 is 34.4 Å². The highest BCUT2D eigenvalue weighted by Gasteiger charge is 2.38. The van der Waals surface area contributed by atoms with Crippen molar-refractivity contribution in [3.8, 4) is 11.5 Å². The maximum Gasteiger partial charge on any atom is 0.198 e. The van der Waals surface area contributed by atoms with Gasteiger partial charge in [-0.05, 0) is 25.4 Å². The van der Waals surface area contributed by atoms with Gasteiger partial charge in [0, 0.05) is 28.0 Å². The van der Waals surface area contributed by atoms with Crippen LogP contribution in [-0.4, -0.2) is 51.4 Å². The Bertz CT molecular complexity index is 1160. The lowest BCUT2D eigenvalue weighted by Crippen LogP contribution is -2.46. The average molecular weight is 439 g/mol. The Morgan fingerprint density at radius 1 is 1.19 bits per heavy atom. The van der Waals surface area contributed by atoms with Crippen LogP contribution in [0.5, 0.6) is 11.5 Å². The van der Waals surface area contributed by atoms with Gasteiger partial charge in [0.1, 0.15) is 11.5 Å². The van der Waals surface area contributed by atoms with Crippen molar-refractivity contribution in [3.63, 3.8) is 0 Å². The van der Waals surface area contributed by atoms with Gasteiger partial charge in [0.05, 0.1) is 35.5 Å². The molecular weight excluding hydrogens is 418 g/mol. The molecule has 10 nitrogen and oxygen atoms in total. The molecule has 2 aromatic rings. The quantitative estimate of drug-likeness (QED) is 0.243. The first kappa shape index (κ1) is 21.8. The van der Waals surface area contributed by atoms with Gasteiger partial charge in [-0.3, -0.25) is 9.59 Å². The molecule has 0 saturated carbocycles. The Hall–Kier alpha value is -3.43. The molecule has 32 heavy (non-hydrogen) atoms. The van der Waals surface area contributed by atoms with Crippen LogP contribution >= 0.6 is 0 Å². The van der Waals surface area contributed by atoms with Crippen molar-refractivity contribution >= 4 is 11.6 Å².